The summed E-state index contributed by atoms with van der Waals surface area (Å²) in [7, 11) is 0. The molecule has 158 valence electrons. The van der Waals surface area contributed by atoms with Crippen LogP contribution in [0.3, 0.4) is 0 Å². The van der Waals surface area contributed by atoms with Crippen LogP contribution in [0.4, 0.5) is 0 Å². The molecule has 4 rings (SSSR count). The molecule has 1 atom stereocenters. The predicted molar refractivity (Wildman–Crippen MR) is 120 cm³/mol. The first-order chi connectivity index (χ1) is 14.5. The van der Waals surface area contributed by atoms with E-state index in [4.69, 9.17) is 0 Å². The molecule has 2 aromatic rings. The Labute approximate surface area is 179 Å². The van der Waals surface area contributed by atoms with E-state index in [-0.39, 0.29) is 17.7 Å². The zero-order chi connectivity index (χ0) is 21.1. The van der Waals surface area contributed by atoms with Crippen molar-refractivity contribution in [1.29, 1.82) is 0 Å². The molecule has 2 aliphatic heterocycles. The van der Waals surface area contributed by atoms with Gasteiger partial charge in [-0.15, -0.1) is 0 Å². The molecule has 2 aromatic carbocycles. The normalized spacial score (nSPS) is 21.4. The van der Waals surface area contributed by atoms with Crippen LogP contribution < -0.4 is 0 Å². The van der Waals surface area contributed by atoms with Crippen LogP contribution in [0.25, 0.3) is 11.1 Å². The van der Waals surface area contributed by atoms with Gasteiger partial charge in [-0.3, -0.25) is 9.59 Å². The van der Waals surface area contributed by atoms with E-state index in [1.807, 2.05) is 41.8 Å². The summed E-state index contributed by atoms with van der Waals surface area (Å²) in [6.07, 6.45) is 3.62. The van der Waals surface area contributed by atoms with Crippen LogP contribution in [0.2, 0.25) is 0 Å². The fourth-order valence-corrected chi connectivity index (χ4v) is 4.91. The molecule has 4 heteroatoms. The van der Waals surface area contributed by atoms with E-state index in [1.165, 1.54) is 16.7 Å². The number of hydrogen-bond acceptors (Lipinski definition) is 2. The van der Waals surface area contributed by atoms with E-state index in [0.717, 1.165) is 32.4 Å². The van der Waals surface area contributed by atoms with Crippen molar-refractivity contribution >= 4 is 11.8 Å². The van der Waals surface area contributed by atoms with Crippen LogP contribution in [-0.2, 0) is 16.0 Å². The lowest BCUT2D eigenvalue weighted by molar-refractivity contribution is -0.141. The van der Waals surface area contributed by atoms with Crippen LogP contribution in [0.5, 0.6) is 0 Å². The monoisotopic (exact) mass is 404 g/mol. The SMILES string of the molecule is CC(C)C(=O)N1CCC(Cc2ccc(-c3ccccc3)cc2)(C(=O)N2CCCC2)C1. The second kappa shape index (κ2) is 8.63. The van der Waals surface area contributed by atoms with Crippen LogP contribution >= 0.6 is 0 Å². The third-order valence-electron chi connectivity index (χ3n) is 6.61. The van der Waals surface area contributed by atoms with Gasteiger partial charge in [-0.2, -0.15) is 0 Å². The van der Waals surface area contributed by atoms with Crippen molar-refractivity contribution in [2.24, 2.45) is 11.3 Å². The molecular formula is C26H32N2O2. The highest BCUT2D eigenvalue weighted by atomic mass is 16.2. The van der Waals surface area contributed by atoms with E-state index in [1.54, 1.807) is 0 Å². The van der Waals surface area contributed by atoms with Gasteiger partial charge in [0.05, 0.1) is 5.41 Å². The number of amides is 2. The second-order valence-electron chi connectivity index (χ2n) is 9.18. The summed E-state index contributed by atoms with van der Waals surface area (Å²) in [5, 5.41) is 0. The van der Waals surface area contributed by atoms with Crippen molar-refractivity contribution in [2.75, 3.05) is 26.2 Å². The Hall–Kier alpha value is -2.62. The van der Waals surface area contributed by atoms with Gasteiger partial charge in [-0.1, -0.05) is 68.4 Å². The highest BCUT2D eigenvalue weighted by Crippen LogP contribution is 2.38. The standard InChI is InChI=1S/C26H32N2O2/c1-20(2)24(29)28-17-14-26(19-28,25(30)27-15-6-7-16-27)18-21-10-12-23(13-11-21)22-8-4-3-5-9-22/h3-5,8-13,20H,6-7,14-19H2,1-2H3. The van der Waals surface area contributed by atoms with E-state index >= 15 is 0 Å². The fourth-order valence-electron chi connectivity index (χ4n) is 4.91. The molecule has 0 radical (unpaired) electrons. The van der Waals surface area contributed by atoms with Gasteiger partial charge in [0.15, 0.2) is 0 Å². The summed E-state index contributed by atoms with van der Waals surface area (Å²) >= 11 is 0. The predicted octanol–water partition coefficient (Wildman–Crippen LogP) is 4.39. The van der Waals surface area contributed by atoms with Gasteiger partial charge in [0.1, 0.15) is 0 Å². The van der Waals surface area contributed by atoms with E-state index in [2.05, 4.69) is 36.4 Å². The molecule has 4 nitrogen and oxygen atoms in total. The van der Waals surface area contributed by atoms with Crippen LogP contribution in [0.1, 0.15) is 38.7 Å². The number of hydrogen-bond donors (Lipinski definition) is 0. The number of likely N-dealkylation sites (tertiary alicyclic amines) is 2. The zero-order valence-corrected chi connectivity index (χ0v) is 18.1. The third-order valence-corrected chi connectivity index (χ3v) is 6.61. The average Bonchev–Trinajstić information content (AvgIpc) is 3.45. The molecule has 0 aliphatic carbocycles. The molecule has 0 N–H and O–H groups in total. The van der Waals surface area contributed by atoms with E-state index in [9.17, 15) is 9.59 Å². The third kappa shape index (κ3) is 4.14. The molecule has 30 heavy (non-hydrogen) atoms. The number of carbonyl (C=O) groups is 2. The minimum absolute atomic E-state index is 0.0344. The first kappa shape index (κ1) is 20.6. The van der Waals surface area contributed by atoms with Gasteiger partial charge in [-0.25, -0.2) is 0 Å². The first-order valence-electron chi connectivity index (χ1n) is 11.2. The molecular weight excluding hydrogens is 372 g/mol. The molecule has 2 saturated heterocycles. The van der Waals surface area contributed by atoms with Gasteiger partial charge < -0.3 is 9.80 Å². The lowest BCUT2D eigenvalue weighted by atomic mass is 9.79. The average molecular weight is 405 g/mol. The Bertz CT molecular complexity index is 885. The maximum Gasteiger partial charge on any atom is 0.230 e. The molecule has 0 bridgehead atoms. The molecule has 0 aromatic heterocycles. The second-order valence-corrected chi connectivity index (χ2v) is 9.18. The Morgan fingerprint density at radius 2 is 1.50 bits per heavy atom. The summed E-state index contributed by atoms with van der Waals surface area (Å²) in [6.45, 7) is 6.80. The van der Waals surface area contributed by atoms with Crippen molar-refractivity contribution < 1.29 is 9.59 Å². The Morgan fingerprint density at radius 1 is 0.867 bits per heavy atom. The highest BCUT2D eigenvalue weighted by molar-refractivity contribution is 5.86. The van der Waals surface area contributed by atoms with Crippen LogP contribution in [0.15, 0.2) is 54.6 Å². The Kier molecular flexibility index (Phi) is 5.94. The maximum atomic E-state index is 13.6. The molecule has 2 fully saturated rings. The van der Waals surface area contributed by atoms with E-state index < -0.39 is 5.41 Å². The lowest BCUT2D eigenvalue weighted by Gasteiger charge is -2.33. The van der Waals surface area contributed by atoms with Crippen molar-refractivity contribution in [1.82, 2.24) is 9.80 Å². The number of nitrogens with zero attached hydrogens (tertiary/aromatic N) is 2. The molecule has 1 unspecified atom stereocenters. The van der Waals surface area contributed by atoms with Gasteiger partial charge in [0.2, 0.25) is 11.8 Å². The van der Waals surface area contributed by atoms with Gasteiger partial charge in [0, 0.05) is 32.1 Å². The van der Waals surface area contributed by atoms with Gasteiger partial charge >= 0.3 is 0 Å². The highest BCUT2D eigenvalue weighted by Gasteiger charge is 2.48. The topological polar surface area (TPSA) is 40.6 Å². The number of carbonyl (C=O) groups excluding carboxylic acids is 2. The molecule has 2 heterocycles. The zero-order valence-electron chi connectivity index (χ0n) is 18.1. The van der Waals surface area contributed by atoms with Crippen LogP contribution in [-0.4, -0.2) is 47.8 Å². The Morgan fingerprint density at radius 3 is 2.13 bits per heavy atom. The molecule has 0 spiro atoms. The van der Waals surface area contributed by atoms with Crippen LogP contribution in [0, 0.1) is 11.3 Å². The Balaban J connectivity index is 1.57. The summed E-state index contributed by atoms with van der Waals surface area (Å²) in [6, 6.07) is 18.9. The largest absolute Gasteiger partial charge is 0.342 e. The van der Waals surface area contributed by atoms with E-state index in [0.29, 0.717) is 19.5 Å². The summed E-state index contributed by atoms with van der Waals surface area (Å²) in [5.74, 6) is 0.365. The minimum atomic E-state index is -0.497. The van der Waals surface area contributed by atoms with Crippen molar-refractivity contribution in [3.63, 3.8) is 0 Å². The molecule has 0 saturated carbocycles. The molecule has 2 amide bonds. The maximum absolute atomic E-state index is 13.6. The fraction of sp³-hybridized carbons (Fsp3) is 0.462. The summed E-state index contributed by atoms with van der Waals surface area (Å²) < 4.78 is 0. The minimum Gasteiger partial charge on any atom is -0.342 e. The van der Waals surface area contributed by atoms with Crippen molar-refractivity contribution in [3.8, 4) is 11.1 Å². The summed E-state index contributed by atoms with van der Waals surface area (Å²) in [4.78, 5) is 30.2. The smallest absolute Gasteiger partial charge is 0.230 e. The van der Waals surface area contributed by atoms with Crippen molar-refractivity contribution in [3.05, 3.63) is 60.2 Å². The quantitative estimate of drug-likeness (QED) is 0.741. The van der Waals surface area contributed by atoms with Gasteiger partial charge in [0.25, 0.3) is 0 Å². The number of rotatable bonds is 5. The van der Waals surface area contributed by atoms with Crippen molar-refractivity contribution in [2.45, 2.75) is 39.5 Å². The van der Waals surface area contributed by atoms with Gasteiger partial charge in [-0.05, 0) is 42.4 Å². The lowest BCUT2D eigenvalue weighted by Crippen LogP contribution is -2.46. The first-order valence-corrected chi connectivity index (χ1v) is 11.2. The summed E-state index contributed by atoms with van der Waals surface area (Å²) in [5.41, 5.74) is 3.05. The number of benzene rings is 2. The molecule has 2 aliphatic rings.